The number of aromatic amines is 2. The number of rotatable bonds is 4. The molecule has 0 atom stereocenters. The van der Waals surface area contributed by atoms with E-state index in [1.165, 1.54) is 12.1 Å². The molecule has 6 nitrogen and oxygen atoms in total. The van der Waals surface area contributed by atoms with Crippen molar-refractivity contribution in [3.05, 3.63) is 65.3 Å². The van der Waals surface area contributed by atoms with Crippen molar-refractivity contribution < 1.29 is 4.92 Å². The van der Waals surface area contributed by atoms with Crippen molar-refractivity contribution in [3.8, 4) is 0 Å². The first kappa shape index (κ1) is 15.4. The minimum atomic E-state index is -0.546. The molecule has 0 aliphatic heterocycles. The third-order valence-electron chi connectivity index (χ3n) is 3.07. The highest BCUT2D eigenvalue weighted by atomic mass is 35.5. The lowest BCUT2D eigenvalue weighted by Crippen LogP contribution is -2.18. The Balaban J connectivity index is 2.48. The van der Waals surface area contributed by atoms with Gasteiger partial charge < -0.3 is 4.98 Å². The number of nitrogens with one attached hydrogen (secondary N) is 2. The zero-order valence-corrected chi connectivity index (χ0v) is 12.7. The van der Waals surface area contributed by atoms with Gasteiger partial charge in [-0.3, -0.25) is 19.9 Å². The van der Waals surface area contributed by atoms with E-state index in [-0.39, 0.29) is 27.5 Å². The predicted molar refractivity (Wildman–Crippen MR) is 82.5 cm³/mol. The van der Waals surface area contributed by atoms with Crippen LogP contribution in [0.2, 0.25) is 5.02 Å². The summed E-state index contributed by atoms with van der Waals surface area (Å²) >= 11 is 10.7. The fourth-order valence-electron chi connectivity index (χ4n) is 2.06. The predicted octanol–water partition coefficient (Wildman–Crippen LogP) is 3.15. The molecule has 0 unspecified atom stereocenters. The van der Waals surface area contributed by atoms with Crippen molar-refractivity contribution in [2.75, 3.05) is 0 Å². The molecule has 1 aromatic carbocycles. The number of H-pyrrole nitrogens is 2. The average molecular weight is 326 g/mol. The van der Waals surface area contributed by atoms with Crippen LogP contribution in [0.3, 0.4) is 0 Å². The number of nitro benzene ring substituents is 1. The number of aryl methyl sites for hydroxylation is 1. The Morgan fingerprint density at radius 1 is 1.38 bits per heavy atom. The summed E-state index contributed by atoms with van der Waals surface area (Å²) in [6, 6.07) is 4.50. The first-order valence-corrected chi connectivity index (χ1v) is 6.98. The quantitative estimate of drug-likeness (QED) is 0.513. The van der Waals surface area contributed by atoms with Gasteiger partial charge in [0.25, 0.3) is 11.2 Å². The van der Waals surface area contributed by atoms with E-state index in [4.69, 9.17) is 23.8 Å². The fraction of sp³-hybridized carbons (Fsp3) is 0.231. The number of nitrogens with zero attached hydrogens (tertiary/aromatic N) is 1. The molecule has 8 heteroatoms. The summed E-state index contributed by atoms with van der Waals surface area (Å²) in [5.74, 6) is 0. The van der Waals surface area contributed by atoms with E-state index in [0.29, 0.717) is 17.5 Å². The second-order valence-corrected chi connectivity index (χ2v) is 5.25. The van der Waals surface area contributed by atoms with Crippen LogP contribution >= 0.6 is 23.8 Å². The van der Waals surface area contributed by atoms with E-state index in [1.54, 1.807) is 6.07 Å². The number of benzene rings is 1. The van der Waals surface area contributed by atoms with E-state index >= 15 is 0 Å². The first-order valence-electron chi connectivity index (χ1n) is 6.19. The van der Waals surface area contributed by atoms with Gasteiger partial charge in [-0.05, 0) is 30.3 Å². The highest BCUT2D eigenvalue weighted by Gasteiger charge is 2.15. The smallest absolute Gasteiger partial charge is 0.288 e. The topological polar surface area (TPSA) is 91.8 Å². The standard InChI is InChI=1S/C13H12ClN3O3S/c1-2-10-8(12(18)16-13(21)15-10)5-7-3-4-9(14)11(6-7)17(19)20/h3-4,6H,2,5H2,1H3,(H2,15,16,18,21). The van der Waals surface area contributed by atoms with Crippen molar-refractivity contribution >= 4 is 29.5 Å². The third-order valence-corrected chi connectivity index (χ3v) is 3.60. The molecule has 1 aromatic heterocycles. The molecule has 0 spiro atoms. The van der Waals surface area contributed by atoms with Gasteiger partial charge in [-0.25, -0.2) is 0 Å². The first-order chi connectivity index (χ1) is 9.92. The Kier molecular flexibility index (Phi) is 4.54. The van der Waals surface area contributed by atoms with Gasteiger partial charge in [0.2, 0.25) is 0 Å². The minimum Gasteiger partial charge on any atom is -0.336 e. The lowest BCUT2D eigenvalue weighted by atomic mass is 10.0. The molecule has 0 saturated carbocycles. The molecule has 2 rings (SSSR count). The Bertz CT molecular complexity index is 813. The van der Waals surface area contributed by atoms with Crippen molar-refractivity contribution in [2.24, 2.45) is 0 Å². The Labute approximate surface area is 129 Å². The maximum absolute atomic E-state index is 12.0. The van der Waals surface area contributed by atoms with Crippen molar-refractivity contribution in [1.29, 1.82) is 0 Å². The Morgan fingerprint density at radius 2 is 2.10 bits per heavy atom. The van der Waals surface area contributed by atoms with Crippen LogP contribution in [0.1, 0.15) is 23.7 Å². The average Bonchev–Trinajstić information content (AvgIpc) is 2.42. The summed E-state index contributed by atoms with van der Waals surface area (Å²) in [6.07, 6.45) is 0.876. The monoisotopic (exact) mass is 325 g/mol. The molecule has 21 heavy (non-hydrogen) atoms. The molecule has 0 radical (unpaired) electrons. The van der Waals surface area contributed by atoms with Crippen LogP contribution in [0.4, 0.5) is 5.69 Å². The summed E-state index contributed by atoms with van der Waals surface area (Å²) in [5, 5.41) is 11.0. The van der Waals surface area contributed by atoms with E-state index in [1.807, 2.05) is 6.92 Å². The van der Waals surface area contributed by atoms with Crippen LogP contribution in [0, 0.1) is 14.9 Å². The molecule has 0 aliphatic carbocycles. The number of aromatic nitrogens is 2. The summed E-state index contributed by atoms with van der Waals surface area (Å²) in [5.41, 5.74) is 1.42. The Morgan fingerprint density at radius 3 is 2.71 bits per heavy atom. The largest absolute Gasteiger partial charge is 0.336 e. The van der Waals surface area contributed by atoms with Crippen LogP contribution in [0.15, 0.2) is 23.0 Å². The molecule has 110 valence electrons. The zero-order chi connectivity index (χ0) is 15.6. The van der Waals surface area contributed by atoms with E-state index < -0.39 is 4.92 Å². The fourth-order valence-corrected chi connectivity index (χ4v) is 2.46. The van der Waals surface area contributed by atoms with Gasteiger partial charge in [0.1, 0.15) is 5.02 Å². The van der Waals surface area contributed by atoms with Crippen molar-refractivity contribution in [3.63, 3.8) is 0 Å². The molecular weight excluding hydrogens is 314 g/mol. The molecule has 0 fully saturated rings. The molecule has 2 aromatic rings. The highest BCUT2D eigenvalue weighted by Crippen LogP contribution is 2.26. The van der Waals surface area contributed by atoms with Crippen LogP contribution in [-0.2, 0) is 12.8 Å². The summed E-state index contributed by atoms with van der Waals surface area (Å²) in [7, 11) is 0. The number of hydrogen-bond donors (Lipinski definition) is 2. The van der Waals surface area contributed by atoms with Gasteiger partial charge in [-0.15, -0.1) is 0 Å². The zero-order valence-electron chi connectivity index (χ0n) is 11.1. The van der Waals surface area contributed by atoms with Crippen LogP contribution in [0.5, 0.6) is 0 Å². The lowest BCUT2D eigenvalue weighted by Gasteiger charge is -2.07. The van der Waals surface area contributed by atoms with Crippen LogP contribution in [0.25, 0.3) is 0 Å². The van der Waals surface area contributed by atoms with Crippen molar-refractivity contribution in [2.45, 2.75) is 19.8 Å². The molecule has 1 heterocycles. The summed E-state index contributed by atoms with van der Waals surface area (Å²) in [6.45, 7) is 1.90. The Hall–Kier alpha value is -1.99. The second kappa shape index (κ2) is 6.19. The van der Waals surface area contributed by atoms with E-state index in [0.717, 1.165) is 5.69 Å². The van der Waals surface area contributed by atoms with Crippen LogP contribution in [-0.4, -0.2) is 14.9 Å². The molecule has 0 aliphatic rings. The van der Waals surface area contributed by atoms with Gasteiger partial charge in [0.05, 0.1) is 4.92 Å². The van der Waals surface area contributed by atoms with Crippen molar-refractivity contribution in [1.82, 2.24) is 9.97 Å². The molecule has 0 amide bonds. The minimum absolute atomic E-state index is 0.0702. The molecule has 0 bridgehead atoms. The van der Waals surface area contributed by atoms with E-state index in [9.17, 15) is 14.9 Å². The molecule has 2 N–H and O–H groups in total. The summed E-state index contributed by atoms with van der Waals surface area (Å²) < 4.78 is 0.266. The number of nitro groups is 1. The van der Waals surface area contributed by atoms with Gasteiger partial charge in [0.15, 0.2) is 4.77 Å². The van der Waals surface area contributed by atoms with Crippen LogP contribution < -0.4 is 5.56 Å². The van der Waals surface area contributed by atoms with Gasteiger partial charge in [-0.2, -0.15) is 0 Å². The molecular formula is C13H12ClN3O3S. The highest BCUT2D eigenvalue weighted by molar-refractivity contribution is 7.71. The maximum Gasteiger partial charge on any atom is 0.288 e. The normalized spacial score (nSPS) is 10.6. The molecule has 0 saturated heterocycles. The van der Waals surface area contributed by atoms with Gasteiger partial charge >= 0.3 is 0 Å². The maximum atomic E-state index is 12.0. The number of halogens is 1. The van der Waals surface area contributed by atoms with Gasteiger partial charge in [0, 0.05) is 23.7 Å². The second-order valence-electron chi connectivity index (χ2n) is 4.44. The van der Waals surface area contributed by atoms with E-state index in [2.05, 4.69) is 9.97 Å². The third kappa shape index (κ3) is 3.37. The van der Waals surface area contributed by atoms with Gasteiger partial charge in [-0.1, -0.05) is 24.6 Å². The SMILES string of the molecule is CCc1[nH]c(=S)[nH]c(=O)c1Cc1ccc(Cl)c([N+](=O)[O-])c1. The summed E-state index contributed by atoms with van der Waals surface area (Å²) in [4.78, 5) is 27.8. The lowest BCUT2D eigenvalue weighted by molar-refractivity contribution is -0.384. The number of hydrogen-bond acceptors (Lipinski definition) is 4.